The molecule has 0 bridgehead atoms. The normalized spacial score (nSPS) is 10.5. The minimum Gasteiger partial charge on any atom is -0.507 e. The quantitative estimate of drug-likeness (QED) is 0.781. The van der Waals surface area contributed by atoms with Gasteiger partial charge in [0.2, 0.25) is 0 Å². The number of aromatic hydroxyl groups is 2. The number of benzene rings is 2. The maximum absolute atomic E-state index is 10.0. The number of rotatable bonds is 1. The Bertz CT molecular complexity index is 571. The SMILES string of the molecule is Cc1cc(-c2ccccc2O)c(C)c(O)c1C. The first kappa shape index (κ1) is 11.5. The van der Waals surface area contributed by atoms with E-state index in [-0.39, 0.29) is 5.75 Å². The lowest BCUT2D eigenvalue weighted by molar-refractivity contribution is 0.466. The molecular formula is C15H16O2. The van der Waals surface area contributed by atoms with E-state index >= 15 is 0 Å². The van der Waals surface area contributed by atoms with Crippen molar-refractivity contribution in [3.8, 4) is 22.6 Å². The van der Waals surface area contributed by atoms with E-state index in [1.165, 1.54) is 0 Å². The van der Waals surface area contributed by atoms with Crippen LogP contribution in [-0.2, 0) is 0 Å². The molecule has 0 fully saturated rings. The zero-order chi connectivity index (χ0) is 12.6. The summed E-state index contributed by atoms with van der Waals surface area (Å²) in [5.41, 5.74) is 4.34. The van der Waals surface area contributed by atoms with Gasteiger partial charge in [-0.2, -0.15) is 0 Å². The molecular weight excluding hydrogens is 212 g/mol. The van der Waals surface area contributed by atoms with Gasteiger partial charge < -0.3 is 10.2 Å². The number of aryl methyl sites for hydroxylation is 1. The summed E-state index contributed by atoms with van der Waals surface area (Å²) >= 11 is 0. The van der Waals surface area contributed by atoms with Gasteiger partial charge >= 0.3 is 0 Å². The molecule has 88 valence electrons. The van der Waals surface area contributed by atoms with Crippen molar-refractivity contribution in [1.82, 2.24) is 0 Å². The van der Waals surface area contributed by atoms with Crippen molar-refractivity contribution < 1.29 is 10.2 Å². The molecule has 0 spiro atoms. The first-order valence-electron chi connectivity index (χ1n) is 5.60. The molecule has 2 heteroatoms. The Balaban J connectivity index is 2.73. The molecule has 2 aromatic carbocycles. The van der Waals surface area contributed by atoms with Crippen molar-refractivity contribution in [1.29, 1.82) is 0 Å². The Morgan fingerprint density at radius 2 is 1.47 bits per heavy atom. The highest BCUT2D eigenvalue weighted by molar-refractivity contribution is 5.76. The summed E-state index contributed by atoms with van der Waals surface area (Å²) in [5.74, 6) is 0.543. The van der Waals surface area contributed by atoms with Crippen molar-refractivity contribution in [2.24, 2.45) is 0 Å². The third kappa shape index (κ3) is 1.86. The smallest absolute Gasteiger partial charge is 0.123 e. The van der Waals surface area contributed by atoms with E-state index in [2.05, 4.69) is 0 Å². The molecule has 0 amide bonds. The van der Waals surface area contributed by atoms with Crippen molar-refractivity contribution in [2.45, 2.75) is 20.8 Å². The van der Waals surface area contributed by atoms with Crippen LogP contribution in [0.2, 0.25) is 0 Å². The van der Waals surface area contributed by atoms with Crippen LogP contribution in [0.25, 0.3) is 11.1 Å². The second kappa shape index (κ2) is 4.13. The van der Waals surface area contributed by atoms with Crippen molar-refractivity contribution in [3.63, 3.8) is 0 Å². The highest BCUT2D eigenvalue weighted by Crippen LogP contribution is 2.37. The van der Waals surface area contributed by atoms with Crippen LogP contribution in [0.4, 0.5) is 0 Å². The second-order valence-electron chi connectivity index (χ2n) is 4.36. The summed E-state index contributed by atoms with van der Waals surface area (Å²) < 4.78 is 0. The number of phenolic OH excluding ortho intramolecular Hbond substituents is 2. The van der Waals surface area contributed by atoms with Crippen molar-refractivity contribution in [2.75, 3.05) is 0 Å². The summed E-state index contributed by atoms with van der Waals surface area (Å²) in [4.78, 5) is 0. The topological polar surface area (TPSA) is 40.5 Å². The monoisotopic (exact) mass is 228 g/mol. The second-order valence-corrected chi connectivity index (χ2v) is 4.36. The molecule has 0 aromatic heterocycles. The Labute approximate surface area is 101 Å². The van der Waals surface area contributed by atoms with Crippen LogP contribution in [0.5, 0.6) is 11.5 Å². The number of para-hydroxylation sites is 1. The molecule has 0 atom stereocenters. The standard InChI is InChI=1S/C15H16O2/c1-9-8-13(11(3)15(17)10(9)2)12-6-4-5-7-14(12)16/h4-8,16-17H,1-3H3. The molecule has 2 aromatic rings. The Hall–Kier alpha value is -1.96. The zero-order valence-electron chi connectivity index (χ0n) is 10.3. The fourth-order valence-electron chi connectivity index (χ4n) is 2.01. The maximum Gasteiger partial charge on any atom is 0.123 e. The molecule has 0 saturated carbocycles. The van der Waals surface area contributed by atoms with Crippen LogP contribution in [0.15, 0.2) is 30.3 Å². The number of phenols is 2. The summed E-state index contributed by atoms with van der Waals surface area (Å²) in [5, 5.41) is 19.9. The average molecular weight is 228 g/mol. The minimum atomic E-state index is 0.234. The highest BCUT2D eigenvalue weighted by Gasteiger charge is 2.13. The molecule has 17 heavy (non-hydrogen) atoms. The van der Waals surface area contributed by atoms with Crippen LogP contribution >= 0.6 is 0 Å². The van der Waals surface area contributed by atoms with Crippen LogP contribution in [0, 0.1) is 20.8 Å². The number of hydrogen-bond acceptors (Lipinski definition) is 2. The van der Waals surface area contributed by atoms with Gasteiger partial charge in [-0.3, -0.25) is 0 Å². The molecule has 0 aliphatic rings. The highest BCUT2D eigenvalue weighted by atomic mass is 16.3. The van der Waals surface area contributed by atoms with Gasteiger partial charge in [-0.1, -0.05) is 24.3 Å². The first-order valence-corrected chi connectivity index (χ1v) is 5.60. The Morgan fingerprint density at radius 1 is 0.824 bits per heavy atom. The molecule has 0 saturated heterocycles. The maximum atomic E-state index is 10.0. The lowest BCUT2D eigenvalue weighted by Gasteiger charge is -2.13. The first-order chi connectivity index (χ1) is 8.02. The summed E-state index contributed by atoms with van der Waals surface area (Å²) in [6.45, 7) is 5.72. The van der Waals surface area contributed by atoms with Gasteiger partial charge in [0, 0.05) is 5.56 Å². The molecule has 0 aliphatic carbocycles. The van der Waals surface area contributed by atoms with Crippen LogP contribution < -0.4 is 0 Å². The van der Waals surface area contributed by atoms with Crippen molar-refractivity contribution >= 4 is 0 Å². The third-order valence-corrected chi connectivity index (χ3v) is 3.26. The van der Waals surface area contributed by atoms with Gasteiger partial charge in [-0.25, -0.2) is 0 Å². The average Bonchev–Trinajstić information content (AvgIpc) is 2.32. The third-order valence-electron chi connectivity index (χ3n) is 3.26. The van der Waals surface area contributed by atoms with Gasteiger partial charge in [0.25, 0.3) is 0 Å². The zero-order valence-corrected chi connectivity index (χ0v) is 10.3. The summed E-state index contributed by atoms with van der Waals surface area (Å²) in [7, 11) is 0. The van der Waals surface area contributed by atoms with Crippen LogP contribution in [0.3, 0.4) is 0 Å². The minimum absolute atomic E-state index is 0.234. The van der Waals surface area contributed by atoms with E-state index in [4.69, 9.17) is 0 Å². The molecule has 0 radical (unpaired) electrons. The van der Waals surface area contributed by atoms with Crippen LogP contribution in [-0.4, -0.2) is 10.2 Å². The lowest BCUT2D eigenvalue weighted by atomic mass is 9.94. The fourth-order valence-corrected chi connectivity index (χ4v) is 2.01. The van der Waals surface area contributed by atoms with E-state index < -0.39 is 0 Å². The Morgan fingerprint density at radius 3 is 2.12 bits per heavy atom. The van der Waals surface area contributed by atoms with Gasteiger partial charge in [-0.05, 0) is 49.1 Å². The van der Waals surface area contributed by atoms with Gasteiger partial charge in [0.1, 0.15) is 11.5 Å². The van der Waals surface area contributed by atoms with E-state index in [0.717, 1.165) is 27.8 Å². The molecule has 0 unspecified atom stereocenters. The Kier molecular flexibility index (Phi) is 2.80. The molecule has 0 aliphatic heterocycles. The number of hydrogen-bond donors (Lipinski definition) is 2. The fraction of sp³-hybridized carbons (Fsp3) is 0.200. The largest absolute Gasteiger partial charge is 0.507 e. The van der Waals surface area contributed by atoms with Gasteiger partial charge in [0.05, 0.1) is 0 Å². The lowest BCUT2D eigenvalue weighted by Crippen LogP contribution is -1.91. The van der Waals surface area contributed by atoms with E-state index in [1.54, 1.807) is 12.1 Å². The van der Waals surface area contributed by atoms with E-state index in [1.807, 2.05) is 39.0 Å². The van der Waals surface area contributed by atoms with Gasteiger partial charge in [0.15, 0.2) is 0 Å². The van der Waals surface area contributed by atoms with Crippen molar-refractivity contribution in [3.05, 3.63) is 47.0 Å². The summed E-state index contributed by atoms with van der Waals surface area (Å²) in [6, 6.07) is 9.17. The van der Waals surface area contributed by atoms with E-state index in [0.29, 0.717) is 5.75 Å². The molecule has 0 heterocycles. The predicted molar refractivity (Wildman–Crippen MR) is 69.4 cm³/mol. The van der Waals surface area contributed by atoms with Gasteiger partial charge in [-0.15, -0.1) is 0 Å². The molecule has 2 nitrogen and oxygen atoms in total. The summed E-state index contributed by atoms with van der Waals surface area (Å²) in [6.07, 6.45) is 0. The molecule has 2 rings (SSSR count). The molecule has 2 N–H and O–H groups in total. The van der Waals surface area contributed by atoms with E-state index in [9.17, 15) is 10.2 Å². The van der Waals surface area contributed by atoms with Crippen LogP contribution in [0.1, 0.15) is 16.7 Å². The predicted octanol–water partition coefficient (Wildman–Crippen LogP) is 3.69.